The maximum atomic E-state index is 12.6. The third-order valence-corrected chi connectivity index (χ3v) is 12.4. The van der Waals surface area contributed by atoms with Crippen LogP contribution in [0.1, 0.15) is 40.7 Å². The maximum absolute atomic E-state index is 12.6. The SMILES string of the molecule is CCOc1cc(Oc2ccc(C(F)(F)F)cc2Cl)ccc1[N+](=O)[O-].COc1cc(OC)nc(NC(=O)NS(=O)(=O)c2ncccc2C(=O)N(C)C)n1.COc1nc(C)nc(NC(=O)NS(=O)(=O)c2ccccc2CCC(F)(F)F)n1. The van der Waals surface area contributed by atoms with Gasteiger partial charge >= 0.3 is 36.1 Å². The zero-order valence-electron chi connectivity index (χ0n) is 42.5. The number of hydrogen-bond acceptors (Lipinski definition) is 20. The molecule has 35 heteroatoms. The first-order chi connectivity index (χ1) is 37.4. The van der Waals surface area contributed by atoms with Crippen LogP contribution >= 0.6 is 11.6 Å². The Labute approximate surface area is 455 Å². The van der Waals surface area contributed by atoms with Crippen LogP contribution < -0.4 is 43.8 Å². The number of nitro benzene ring substituents is 1. The summed E-state index contributed by atoms with van der Waals surface area (Å²) in [4.78, 5) is 70.1. The Morgan fingerprint density at radius 1 is 0.750 bits per heavy atom. The van der Waals surface area contributed by atoms with E-state index in [1.165, 1.54) is 108 Å². The summed E-state index contributed by atoms with van der Waals surface area (Å²) in [6.07, 6.45) is -9.52. The molecule has 26 nitrogen and oxygen atoms in total. The van der Waals surface area contributed by atoms with Gasteiger partial charge in [-0.1, -0.05) is 29.8 Å². The van der Waals surface area contributed by atoms with Crippen LogP contribution in [0.2, 0.25) is 5.02 Å². The van der Waals surface area contributed by atoms with Gasteiger partial charge in [0, 0.05) is 38.8 Å². The first-order valence-electron chi connectivity index (χ1n) is 22.1. The highest BCUT2D eigenvalue weighted by atomic mass is 35.5. The zero-order chi connectivity index (χ0) is 59.8. The monoisotopic (exact) mass is 1190 g/mol. The molecule has 3 heterocycles. The Bertz CT molecular complexity index is 3420. The first-order valence-corrected chi connectivity index (χ1v) is 25.4. The lowest BCUT2D eigenvalue weighted by atomic mass is 10.1. The summed E-state index contributed by atoms with van der Waals surface area (Å²) in [7, 11) is -1.99. The molecule has 0 unspecified atom stereocenters. The number of methoxy groups -OCH3 is 3. The Hall–Kier alpha value is -8.92. The van der Waals surface area contributed by atoms with Gasteiger partial charge in [-0.25, -0.2) is 32.4 Å². The Morgan fingerprint density at radius 2 is 1.36 bits per heavy atom. The Balaban J connectivity index is 0.000000259. The number of nitrogens with one attached hydrogen (secondary N) is 4. The van der Waals surface area contributed by atoms with Crippen molar-refractivity contribution in [2.75, 3.05) is 52.7 Å². The van der Waals surface area contributed by atoms with Gasteiger partial charge in [-0.3, -0.25) is 25.5 Å². The Kier molecular flexibility index (Phi) is 21.9. The molecule has 5 amide bonds. The third-order valence-electron chi connectivity index (χ3n) is 9.43. The number of amides is 5. The van der Waals surface area contributed by atoms with Crippen molar-refractivity contribution in [3.05, 3.63) is 123 Å². The van der Waals surface area contributed by atoms with Crippen LogP contribution in [0.3, 0.4) is 0 Å². The van der Waals surface area contributed by atoms with Crippen molar-refractivity contribution in [1.29, 1.82) is 0 Å². The van der Waals surface area contributed by atoms with Gasteiger partial charge in [-0.15, -0.1) is 0 Å². The van der Waals surface area contributed by atoms with Crippen LogP contribution in [0.5, 0.6) is 35.0 Å². The van der Waals surface area contributed by atoms with E-state index >= 15 is 0 Å². The van der Waals surface area contributed by atoms with Crippen LogP contribution in [-0.4, -0.2) is 123 Å². The number of carbonyl (C=O) groups excluding carboxylic acids is 3. The van der Waals surface area contributed by atoms with E-state index in [1.807, 2.05) is 0 Å². The fourth-order valence-corrected chi connectivity index (χ4v) is 8.43. The fourth-order valence-electron chi connectivity index (χ4n) is 6.00. The number of sulfonamides is 2. The average molecular weight is 1190 g/mol. The van der Waals surface area contributed by atoms with Crippen LogP contribution in [-0.2, 0) is 32.6 Å². The molecule has 0 atom stereocenters. The number of pyridine rings is 1. The number of benzene rings is 3. The van der Waals surface area contributed by atoms with Crippen LogP contribution in [0.4, 0.5) is 53.5 Å². The molecule has 0 bridgehead atoms. The van der Waals surface area contributed by atoms with Gasteiger partial charge in [-0.2, -0.15) is 59.7 Å². The molecule has 3 aromatic heterocycles. The molecule has 0 saturated carbocycles. The topological polar surface area (TPSA) is 337 Å². The van der Waals surface area contributed by atoms with Crippen molar-refractivity contribution < 1.29 is 86.2 Å². The van der Waals surface area contributed by atoms with Crippen molar-refractivity contribution in [1.82, 2.24) is 44.2 Å². The minimum absolute atomic E-state index is 0.0111. The molecule has 0 radical (unpaired) electrons. The predicted octanol–water partition coefficient (Wildman–Crippen LogP) is 7.75. The van der Waals surface area contributed by atoms with Crippen molar-refractivity contribution in [3.8, 4) is 35.0 Å². The number of halogens is 7. The van der Waals surface area contributed by atoms with Crippen LogP contribution in [0, 0.1) is 17.0 Å². The average Bonchev–Trinajstić information content (AvgIpc) is 3.38. The first kappa shape index (κ1) is 63.6. The lowest BCUT2D eigenvalue weighted by molar-refractivity contribution is -0.385. The minimum atomic E-state index is -4.52. The highest BCUT2D eigenvalue weighted by Crippen LogP contribution is 2.39. The molecule has 430 valence electrons. The van der Waals surface area contributed by atoms with E-state index in [2.05, 4.69) is 40.5 Å². The van der Waals surface area contributed by atoms with Crippen molar-refractivity contribution in [2.24, 2.45) is 0 Å². The number of nitrogens with zero attached hydrogens (tertiary/aromatic N) is 8. The number of hydrogen-bond donors (Lipinski definition) is 4. The number of alkyl halides is 6. The molecule has 0 spiro atoms. The number of rotatable bonds is 17. The van der Waals surface area contributed by atoms with E-state index in [0.29, 0.717) is 0 Å². The van der Waals surface area contributed by atoms with Crippen molar-refractivity contribution in [2.45, 2.75) is 49.0 Å². The van der Waals surface area contributed by atoms with Crippen molar-refractivity contribution in [3.63, 3.8) is 0 Å². The summed E-state index contributed by atoms with van der Waals surface area (Å²) in [5, 5.41) is 14.3. The summed E-state index contributed by atoms with van der Waals surface area (Å²) in [6.45, 7) is 3.36. The lowest BCUT2D eigenvalue weighted by Crippen LogP contribution is -2.36. The second kappa shape index (κ2) is 27.6. The van der Waals surface area contributed by atoms with Crippen LogP contribution in [0.15, 0.2) is 95.0 Å². The van der Waals surface area contributed by atoms with Gasteiger partial charge in [0.1, 0.15) is 17.3 Å². The number of urea groups is 2. The van der Waals surface area contributed by atoms with Gasteiger partial charge in [0.25, 0.3) is 26.0 Å². The highest BCUT2D eigenvalue weighted by molar-refractivity contribution is 7.90. The number of carbonyl (C=O) groups is 3. The molecule has 0 aliphatic carbocycles. The molecule has 80 heavy (non-hydrogen) atoms. The molecule has 6 aromatic rings. The van der Waals surface area contributed by atoms with Gasteiger partial charge < -0.3 is 28.6 Å². The Morgan fingerprint density at radius 3 is 1.91 bits per heavy atom. The fraction of sp³-hybridized carbons (Fsp3) is 0.267. The largest absolute Gasteiger partial charge is 0.487 e. The third kappa shape index (κ3) is 18.9. The predicted molar refractivity (Wildman–Crippen MR) is 269 cm³/mol. The second-order valence-electron chi connectivity index (χ2n) is 15.4. The van der Waals surface area contributed by atoms with E-state index in [-0.39, 0.29) is 81.2 Å². The van der Waals surface area contributed by atoms with E-state index in [4.69, 9.17) is 35.3 Å². The molecular formula is C45H45ClF6N12O14S2. The molecule has 0 fully saturated rings. The molecule has 4 N–H and O–H groups in total. The van der Waals surface area contributed by atoms with Gasteiger partial charge in [0.2, 0.25) is 29.4 Å². The van der Waals surface area contributed by atoms with E-state index in [1.54, 1.807) is 16.4 Å². The summed E-state index contributed by atoms with van der Waals surface area (Å²) in [6, 6.07) is 13.1. The summed E-state index contributed by atoms with van der Waals surface area (Å²) in [5.74, 6) is -0.592. The summed E-state index contributed by atoms with van der Waals surface area (Å²) >= 11 is 5.80. The van der Waals surface area contributed by atoms with Gasteiger partial charge in [0.15, 0.2) is 5.03 Å². The second-order valence-corrected chi connectivity index (χ2v) is 19.1. The van der Waals surface area contributed by atoms with Gasteiger partial charge in [-0.05, 0) is 68.3 Å². The number of aromatic nitrogens is 6. The number of nitro groups is 1. The zero-order valence-corrected chi connectivity index (χ0v) is 44.8. The van der Waals surface area contributed by atoms with E-state index in [9.17, 15) is 67.7 Å². The van der Waals surface area contributed by atoms with Gasteiger partial charge in [0.05, 0.1) is 60.0 Å². The summed E-state index contributed by atoms with van der Waals surface area (Å²) in [5.41, 5.74) is -1.41. The normalized spacial score (nSPS) is 11.2. The highest BCUT2D eigenvalue weighted by Gasteiger charge is 2.32. The lowest BCUT2D eigenvalue weighted by Gasteiger charge is -2.14. The molecule has 0 aliphatic rings. The minimum Gasteiger partial charge on any atom is -0.487 e. The smallest absolute Gasteiger partial charge is 0.416 e. The van der Waals surface area contributed by atoms with E-state index in [0.717, 1.165) is 24.3 Å². The maximum Gasteiger partial charge on any atom is 0.416 e. The molecule has 3 aromatic carbocycles. The molecular weight excluding hydrogens is 1150 g/mol. The van der Waals surface area contributed by atoms with Crippen LogP contribution in [0.25, 0.3) is 0 Å². The molecule has 6 rings (SSSR count). The van der Waals surface area contributed by atoms with Crippen molar-refractivity contribution >= 4 is 67.2 Å². The molecule has 0 saturated heterocycles. The standard InChI is InChI=1S/C15H11ClF3NO4.C15H16F3N5O4S.C15H18N6O6S/c1-2-23-14-8-10(4-5-12(14)20(21)22)24-13-6-3-9(7-11(13)16)15(17,18)19;1-9-19-12(22-14(20-9)27-2)21-13(24)23-28(25,26)11-6-4-3-5-10(11)7-8-15(16,17)18;1-21(2)13(22)9-6-5-7-16-12(9)28(24,25)20-15(23)19-14-17-10(26-3)8-11(18-14)27-4/h3-8H,2H2,1H3;3-6H,7-8H2,1-2H3,(H2,19,20,21,22,23,24);5-8H,1-4H3,(H2,17,18,19,20,23). The van der Waals surface area contributed by atoms with E-state index < -0.39 is 83.6 Å². The number of ether oxygens (including phenoxy) is 5. The quantitative estimate of drug-likeness (QED) is 0.0385. The summed E-state index contributed by atoms with van der Waals surface area (Å²) < 4.78 is 154. The molecule has 0 aliphatic heterocycles. The number of aryl methyl sites for hydroxylation is 2. The number of anilines is 2.